The van der Waals surface area contributed by atoms with Crippen molar-refractivity contribution in [2.24, 2.45) is 28.6 Å². The second kappa shape index (κ2) is 31.1. The lowest BCUT2D eigenvalue weighted by molar-refractivity contribution is 0.0164. The SMILES string of the molecule is CC12CCC(C)(CC1)CC2.CC1=CCC(C)CC1.CC1CCC(C)CC1.Cc1cc(F)c(C)c(F)c1.Cc1ccc(C)c(F)c1.Cc1ccc(C)c(F)c1F.Cc1ccc(C)cc1.Cc1ccccc1. The second-order valence-corrected chi connectivity index (χ2v) is 22.2. The number of benzene rings is 5. The highest BCUT2D eigenvalue weighted by Gasteiger charge is 2.43. The van der Waals surface area contributed by atoms with Crippen molar-refractivity contribution in [1.82, 2.24) is 0 Å². The topological polar surface area (TPSA) is 0 Å². The number of halogens is 5. The molecule has 0 nitrogen and oxygen atoms in total. The molecule has 386 valence electrons. The monoisotopic (exact) mass is 967 g/mol. The Morgan fingerprint density at radius 2 is 0.743 bits per heavy atom. The molecule has 0 spiro atoms. The number of allylic oxidation sites excluding steroid dienone is 2. The van der Waals surface area contributed by atoms with Crippen molar-refractivity contribution in [3.8, 4) is 0 Å². The summed E-state index contributed by atoms with van der Waals surface area (Å²) in [5.41, 5.74) is 10.2. The van der Waals surface area contributed by atoms with E-state index >= 15 is 0 Å². The molecule has 0 aliphatic heterocycles. The maximum atomic E-state index is 12.6. The van der Waals surface area contributed by atoms with Gasteiger partial charge in [0.25, 0.3) is 0 Å². The van der Waals surface area contributed by atoms with E-state index in [1.54, 1.807) is 37.6 Å². The van der Waals surface area contributed by atoms with E-state index in [4.69, 9.17) is 0 Å². The predicted octanol–water partition coefficient (Wildman–Crippen LogP) is 20.9. The lowest BCUT2D eigenvalue weighted by Crippen LogP contribution is -2.37. The smallest absolute Gasteiger partial charge is 0.161 e. The molecule has 0 radical (unpaired) electrons. The van der Waals surface area contributed by atoms with Gasteiger partial charge in [-0.05, 0) is 202 Å². The van der Waals surface area contributed by atoms with E-state index in [0.717, 1.165) is 34.1 Å². The van der Waals surface area contributed by atoms with Crippen LogP contribution >= 0.6 is 0 Å². The Hall–Kier alpha value is -4.51. The molecule has 0 heterocycles. The Morgan fingerprint density at radius 1 is 0.386 bits per heavy atom. The van der Waals surface area contributed by atoms with Gasteiger partial charge in [-0.25, -0.2) is 22.0 Å². The van der Waals surface area contributed by atoms with Crippen molar-refractivity contribution < 1.29 is 22.0 Å². The van der Waals surface area contributed by atoms with Crippen molar-refractivity contribution in [3.63, 3.8) is 0 Å². The first-order valence-electron chi connectivity index (χ1n) is 26.1. The van der Waals surface area contributed by atoms with Gasteiger partial charge in [0.15, 0.2) is 11.6 Å². The Labute approximate surface area is 424 Å². The molecule has 0 aromatic heterocycles. The molecule has 1 unspecified atom stereocenters. The fourth-order valence-corrected chi connectivity index (χ4v) is 8.47. The average molecular weight is 967 g/mol. The number of hydrogen-bond acceptors (Lipinski definition) is 0. The molecule has 4 fully saturated rings. The van der Waals surface area contributed by atoms with Gasteiger partial charge >= 0.3 is 0 Å². The quantitative estimate of drug-likeness (QED) is 0.107. The summed E-state index contributed by atoms with van der Waals surface area (Å²) in [6.45, 7) is 30.3. The lowest BCUT2D eigenvalue weighted by atomic mass is 9.55. The number of aryl methyl sites for hydroxylation is 8. The Morgan fingerprint density at radius 3 is 1.06 bits per heavy atom. The molecule has 2 bridgehead atoms. The fourth-order valence-electron chi connectivity index (χ4n) is 8.47. The van der Waals surface area contributed by atoms with Gasteiger partial charge in [0, 0.05) is 5.56 Å². The standard InChI is InChI=1S/C10H18.2C8H8F2.C8H9F.C8H16.C8H14.C8H10.C7H8/c1-9-3-6-10(2,7-4-9)8-5-9;1-5-3-7(9)6(2)8(10)4-5;1-5-3-4-6(2)8(10)7(5)9;1-6-3-4-7(2)8(9)5-6;3*1-7-3-5-8(2)6-4-7;1-7-5-3-2-4-6-7/h3-8H2,1-2H3;2*3-4H,1-2H3;3-5H,1-2H3;7-8H,3-6H2,1-2H3;3,8H,4-6H2,1-2H3;3-6H,1-2H3;2-6H,1H3. The van der Waals surface area contributed by atoms with Crippen LogP contribution in [0.3, 0.4) is 0 Å². The van der Waals surface area contributed by atoms with Crippen molar-refractivity contribution in [1.29, 1.82) is 0 Å². The van der Waals surface area contributed by atoms with E-state index in [1.807, 2.05) is 31.2 Å². The summed E-state index contributed by atoms with van der Waals surface area (Å²) in [5, 5.41) is 0. The van der Waals surface area contributed by atoms with Gasteiger partial charge in [0.1, 0.15) is 17.5 Å². The second-order valence-electron chi connectivity index (χ2n) is 22.2. The third kappa shape index (κ3) is 24.6. The number of fused-ring (bicyclic) bond motifs is 3. The number of rotatable bonds is 0. The molecule has 4 saturated carbocycles. The van der Waals surface area contributed by atoms with Gasteiger partial charge in [0.2, 0.25) is 0 Å². The van der Waals surface area contributed by atoms with Gasteiger partial charge < -0.3 is 0 Å². The zero-order valence-corrected chi connectivity index (χ0v) is 46.1. The molecule has 0 saturated heterocycles. The van der Waals surface area contributed by atoms with Crippen LogP contribution in [0.2, 0.25) is 0 Å². The van der Waals surface area contributed by atoms with E-state index in [0.29, 0.717) is 22.3 Å². The average Bonchev–Trinajstić information content (AvgIpc) is 3.33. The zero-order valence-electron chi connectivity index (χ0n) is 46.1. The summed E-state index contributed by atoms with van der Waals surface area (Å²) >= 11 is 0. The third-order valence-electron chi connectivity index (χ3n) is 14.6. The summed E-state index contributed by atoms with van der Waals surface area (Å²) in [6.07, 6.45) is 21.3. The van der Waals surface area contributed by atoms with Crippen LogP contribution in [0.25, 0.3) is 0 Å². The molecular weight excluding hydrogens is 876 g/mol. The molecule has 0 amide bonds. The first kappa shape index (κ1) is 61.6. The molecule has 70 heavy (non-hydrogen) atoms. The first-order valence-corrected chi connectivity index (χ1v) is 26.1. The predicted molar refractivity (Wildman–Crippen MR) is 292 cm³/mol. The molecule has 5 aliphatic rings. The normalized spacial score (nSPS) is 21.6. The minimum atomic E-state index is -0.736. The Balaban J connectivity index is 0.000000275. The highest BCUT2D eigenvalue weighted by molar-refractivity contribution is 5.25. The van der Waals surface area contributed by atoms with Crippen LogP contribution in [0.1, 0.15) is 175 Å². The van der Waals surface area contributed by atoms with E-state index in [1.165, 1.54) is 139 Å². The molecule has 10 rings (SSSR count). The maximum absolute atomic E-state index is 12.6. The highest BCUT2D eigenvalue weighted by Crippen LogP contribution is 2.56. The van der Waals surface area contributed by atoms with E-state index < -0.39 is 23.3 Å². The third-order valence-corrected chi connectivity index (χ3v) is 14.6. The van der Waals surface area contributed by atoms with Gasteiger partial charge in [-0.15, -0.1) is 0 Å². The summed E-state index contributed by atoms with van der Waals surface area (Å²) in [4.78, 5) is 0. The molecule has 5 aliphatic carbocycles. The van der Waals surface area contributed by atoms with Crippen LogP contribution in [0, 0.1) is 120 Å². The van der Waals surface area contributed by atoms with Gasteiger partial charge in [-0.3, -0.25) is 0 Å². The van der Waals surface area contributed by atoms with Crippen LogP contribution in [0.4, 0.5) is 22.0 Å². The minimum absolute atomic E-state index is 0.0885. The van der Waals surface area contributed by atoms with E-state index in [2.05, 4.69) is 105 Å². The van der Waals surface area contributed by atoms with Crippen LogP contribution in [0.5, 0.6) is 0 Å². The minimum Gasteiger partial charge on any atom is -0.207 e. The van der Waals surface area contributed by atoms with Crippen LogP contribution < -0.4 is 0 Å². The van der Waals surface area contributed by atoms with E-state index in [9.17, 15) is 22.0 Å². The summed E-state index contributed by atoms with van der Waals surface area (Å²) in [5.74, 6) is 0.445. The molecule has 0 N–H and O–H groups in total. The molecule has 5 aromatic rings. The van der Waals surface area contributed by atoms with Crippen LogP contribution in [-0.2, 0) is 0 Å². The molecular formula is C65H91F5. The fraction of sp³-hybridized carbons (Fsp3) is 0.508. The lowest BCUT2D eigenvalue weighted by Gasteiger charge is -2.50. The van der Waals surface area contributed by atoms with Gasteiger partial charge in [0.05, 0.1) is 0 Å². The first-order chi connectivity index (χ1) is 32.8. The van der Waals surface area contributed by atoms with Gasteiger partial charge in [-0.2, -0.15) is 0 Å². The summed E-state index contributed by atoms with van der Waals surface area (Å²) in [7, 11) is 0. The maximum Gasteiger partial charge on any atom is 0.161 e. The van der Waals surface area contributed by atoms with Crippen molar-refractivity contribution in [3.05, 3.63) is 188 Å². The molecule has 5 heteroatoms. The van der Waals surface area contributed by atoms with Crippen molar-refractivity contribution in [2.45, 2.75) is 187 Å². The molecule has 1 atom stereocenters. The largest absolute Gasteiger partial charge is 0.207 e. The number of hydrogen-bond donors (Lipinski definition) is 0. The van der Waals surface area contributed by atoms with Crippen LogP contribution in [0.15, 0.2) is 109 Å². The summed E-state index contributed by atoms with van der Waals surface area (Å²) in [6, 6.07) is 29.7. The highest BCUT2D eigenvalue weighted by atomic mass is 19.2. The van der Waals surface area contributed by atoms with Crippen molar-refractivity contribution >= 4 is 0 Å². The van der Waals surface area contributed by atoms with Gasteiger partial charge in [-0.1, -0.05) is 168 Å². The Bertz CT molecular complexity index is 2160. The Kier molecular flexibility index (Phi) is 27.3. The molecule has 5 aromatic carbocycles. The van der Waals surface area contributed by atoms with E-state index in [-0.39, 0.29) is 11.4 Å². The zero-order chi connectivity index (χ0) is 52.6. The summed E-state index contributed by atoms with van der Waals surface area (Å²) < 4.78 is 63.0. The van der Waals surface area contributed by atoms with Crippen molar-refractivity contribution in [2.75, 3.05) is 0 Å². The van der Waals surface area contributed by atoms with Crippen LogP contribution in [-0.4, -0.2) is 0 Å².